The second-order valence-corrected chi connectivity index (χ2v) is 6.25. The van der Waals surface area contributed by atoms with Gasteiger partial charge in [-0.1, -0.05) is 6.07 Å². The monoisotopic (exact) mass is 386 g/mol. The summed E-state index contributed by atoms with van der Waals surface area (Å²) in [5.74, 6) is 0.710. The second kappa shape index (κ2) is 10.9. The molecule has 2 rings (SSSR count). The van der Waals surface area contributed by atoms with Crippen molar-refractivity contribution in [3.8, 4) is 11.5 Å². The average molecular weight is 386 g/mol. The van der Waals surface area contributed by atoms with Crippen LogP contribution in [-0.4, -0.2) is 45.3 Å². The summed E-state index contributed by atoms with van der Waals surface area (Å²) in [4.78, 5) is 24.2. The third kappa shape index (κ3) is 6.92. The van der Waals surface area contributed by atoms with Gasteiger partial charge < -0.3 is 24.8 Å². The minimum absolute atomic E-state index is 0.0173. The molecule has 7 nitrogen and oxygen atoms in total. The van der Waals surface area contributed by atoms with Crippen LogP contribution in [0.1, 0.15) is 23.7 Å². The molecule has 150 valence electrons. The fraction of sp³-hybridized carbons (Fsp3) is 0.333. The summed E-state index contributed by atoms with van der Waals surface area (Å²) in [5, 5.41) is 5.64. The molecular weight excluding hydrogens is 360 g/mol. The maximum absolute atomic E-state index is 12.2. The summed E-state index contributed by atoms with van der Waals surface area (Å²) in [7, 11) is 3.19. The summed E-state index contributed by atoms with van der Waals surface area (Å²) in [6.45, 7) is 2.37. The van der Waals surface area contributed by atoms with Gasteiger partial charge in [0.15, 0.2) is 6.61 Å². The van der Waals surface area contributed by atoms with Crippen LogP contribution in [0.3, 0.4) is 0 Å². The van der Waals surface area contributed by atoms with E-state index in [0.717, 1.165) is 6.42 Å². The third-order valence-electron chi connectivity index (χ3n) is 3.97. The molecule has 0 heterocycles. The van der Waals surface area contributed by atoms with Crippen molar-refractivity contribution in [2.45, 2.75) is 19.4 Å². The number of carbonyl (C=O) groups is 2. The largest absolute Gasteiger partial charge is 0.497 e. The summed E-state index contributed by atoms with van der Waals surface area (Å²) in [6.07, 6.45) is 0.742. The number of carbonyl (C=O) groups excluding carboxylic acids is 2. The molecular formula is C21H26N2O5. The number of ether oxygens (including phenoxy) is 3. The van der Waals surface area contributed by atoms with Crippen LogP contribution in [0.25, 0.3) is 0 Å². The molecule has 28 heavy (non-hydrogen) atoms. The minimum atomic E-state index is -0.290. The summed E-state index contributed by atoms with van der Waals surface area (Å²) < 4.78 is 15.6. The van der Waals surface area contributed by atoms with Crippen LogP contribution >= 0.6 is 0 Å². The van der Waals surface area contributed by atoms with Crippen molar-refractivity contribution in [2.24, 2.45) is 0 Å². The lowest BCUT2D eigenvalue weighted by Crippen LogP contribution is -2.33. The molecule has 0 fully saturated rings. The van der Waals surface area contributed by atoms with Crippen LogP contribution in [0.4, 0.5) is 5.69 Å². The predicted octanol–water partition coefficient (Wildman–Crippen LogP) is 2.87. The lowest BCUT2D eigenvalue weighted by Gasteiger charge is -2.13. The van der Waals surface area contributed by atoms with E-state index in [1.165, 1.54) is 0 Å². The van der Waals surface area contributed by atoms with Crippen LogP contribution in [0.2, 0.25) is 0 Å². The smallest absolute Gasteiger partial charge is 0.262 e. The maximum Gasteiger partial charge on any atom is 0.262 e. The third-order valence-corrected chi connectivity index (χ3v) is 3.97. The van der Waals surface area contributed by atoms with Gasteiger partial charge in [-0.25, -0.2) is 0 Å². The van der Waals surface area contributed by atoms with Crippen LogP contribution in [-0.2, 0) is 9.53 Å². The Kier molecular flexibility index (Phi) is 8.30. The van der Waals surface area contributed by atoms with Crippen molar-refractivity contribution in [2.75, 3.05) is 32.8 Å². The van der Waals surface area contributed by atoms with E-state index in [2.05, 4.69) is 10.6 Å². The molecule has 2 N–H and O–H groups in total. The standard InChI is InChI=1S/C21H26N2O5/c1-15(11-12-26-2)22-21(25)16-7-9-18(10-8-16)28-14-20(24)23-17-5-4-6-19(13-17)27-3/h4-10,13,15H,11-12,14H2,1-3H3,(H,22,25)(H,23,24)/t15-/m1/s1. The van der Waals surface area contributed by atoms with Crippen LogP contribution in [0, 0.1) is 0 Å². The first kappa shape index (κ1) is 21.2. The lowest BCUT2D eigenvalue weighted by molar-refractivity contribution is -0.118. The van der Waals surface area contributed by atoms with Crippen molar-refractivity contribution < 1.29 is 23.8 Å². The van der Waals surface area contributed by atoms with Gasteiger partial charge in [0.05, 0.1) is 7.11 Å². The van der Waals surface area contributed by atoms with E-state index < -0.39 is 0 Å². The number of rotatable bonds is 10. The molecule has 0 saturated heterocycles. The van der Waals surface area contributed by atoms with Gasteiger partial charge in [-0.05, 0) is 49.7 Å². The Morgan fingerprint density at radius 2 is 1.79 bits per heavy atom. The summed E-state index contributed by atoms with van der Waals surface area (Å²) in [5.41, 5.74) is 1.15. The summed E-state index contributed by atoms with van der Waals surface area (Å²) in [6, 6.07) is 13.7. The molecule has 0 aromatic heterocycles. The molecule has 0 spiro atoms. The van der Waals surface area contributed by atoms with Gasteiger partial charge in [0.25, 0.3) is 11.8 Å². The highest BCUT2D eigenvalue weighted by molar-refractivity contribution is 5.94. The molecule has 0 saturated carbocycles. The second-order valence-electron chi connectivity index (χ2n) is 6.25. The Morgan fingerprint density at radius 1 is 1.04 bits per heavy atom. The Hall–Kier alpha value is -3.06. The number of nitrogens with one attached hydrogen (secondary N) is 2. The van der Waals surface area contributed by atoms with E-state index in [-0.39, 0.29) is 24.5 Å². The number of hydrogen-bond donors (Lipinski definition) is 2. The van der Waals surface area contributed by atoms with E-state index in [1.54, 1.807) is 62.8 Å². The van der Waals surface area contributed by atoms with E-state index >= 15 is 0 Å². The molecule has 0 aliphatic rings. The molecule has 2 aromatic carbocycles. The lowest BCUT2D eigenvalue weighted by atomic mass is 10.1. The summed E-state index contributed by atoms with van der Waals surface area (Å²) >= 11 is 0. The zero-order chi connectivity index (χ0) is 20.4. The zero-order valence-electron chi connectivity index (χ0n) is 16.4. The molecule has 0 bridgehead atoms. The molecule has 0 radical (unpaired) electrons. The highest BCUT2D eigenvalue weighted by Crippen LogP contribution is 2.17. The Balaban J connectivity index is 1.81. The average Bonchev–Trinajstić information content (AvgIpc) is 2.71. The first-order valence-electron chi connectivity index (χ1n) is 8.98. The van der Waals surface area contributed by atoms with E-state index in [0.29, 0.717) is 29.4 Å². The Bertz CT molecular complexity index is 777. The van der Waals surface area contributed by atoms with Gasteiger partial charge in [-0.15, -0.1) is 0 Å². The van der Waals surface area contributed by atoms with Crippen molar-refractivity contribution in [3.05, 3.63) is 54.1 Å². The molecule has 0 aliphatic carbocycles. The van der Waals surface area contributed by atoms with Crippen molar-refractivity contribution >= 4 is 17.5 Å². The Morgan fingerprint density at radius 3 is 2.46 bits per heavy atom. The minimum Gasteiger partial charge on any atom is -0.497 e. The maximum atomic E-state index is 12.2. The van der Waals surface area contributed by atoms with Crippen LogP contribution < -0.4 is 20.1 Å². The fourth-order valence-corrected chi connectivity index (χ4v) is 2.42. The topological polar surface area (TPSA) is 85.9 Å². The predicted molar refractivity (Wildman–Crippen MR) is 107 cm³/mol. The van der Waals surface area contributed by atoms with Crippen molar-refractivity contribution in [1.82, 2.24) is 5.32 Å². The van der Waals surface area contributed by atoms with Crippen LogP contribution in [0.15, 0.2) is 48.5 Å². The number of methoxy groups -OCH3 is 2. The molecule has 1 atom stereocenters. The molecule has 2 aromatic rings. The number of benzene rings is 2. The van der Waals surface area contributed by atoms with Gasteiger partial charge in [0, 0.05) is 37.1 Å². The molecule has 0 unspecified atom stereocenters. The number of anilines is 1. The SMILES string of the molecule is COCC[C@@H](C)NC(=O)c1ccc(OCC(=O)Nc2cccc(OC)c2)cc1. The van der Waals surface area contributed by atoms with E-state index in [9.17, 15) is 9.59 Å². The highest BCUT2D eigenvalue weighted by atomic mass is 16.5. The van der Waals surface area contributed by atoms with Gasteiger partial charge in [-0.2, -0.15) is 0 Å². The van der Waals surface area contributed by atoms with Gasteiger partial charge >= 0.3 is 0 Å². The number of amides is 2. The fourth-order valence-electron chi connectivity index (χ4n) is 2.42. The molecule has 7 heteroatoms. The van der Waals surface area contributed by atoms with E-state index in [4.69, 9.17) is 14.2 Å². The van der Waals surface area contributed by atoms with Crippen molar-refractivity contribution in [3.63, 3.8) is 0 Å². The quantitative estimate of drug-likeness (QED) is 0.656. The first-order chi connectivity index (χ1) is 13.5. The van der Waals surface area contributed by atoms with Gasteiger partial charge in [0.2, 0.25) is 0 Å². The molecule has 0 aliphatic heterocycles. The Labute approximate surface area is 165 Å². The highest BCUT2D eigenvalue weighted by Gasteiger charge is 2.10. The first-order valence-corrected chi connectivity index (χ1v) is 8.98. The molecule has 2 amide bonds. The van der Waals surface area contributed by atoms with Gasteiger partial charge in [-0.3, -0.25) is 9.59 Å². The van der Waals surface area contributed by atoms with Gasteiger partial charge in [0.1, 0.15) is 11.5 Å². The zero-order valence-corrected chi connectivity index (χ0v) is 16.4. The van der Waals surface area contributed by atoms with Crippen molar-refractivity contribution in [1.29, 1.82) is 0 Å². The van der Waals surface area contributed by atoms with E-state index in [1.807, 2.05) is 6.92 Å². The normalized spacial score (nSPS) is 11.4. The van der Waals surface area contributed by atoms with Crippen LogP contribution in [0.5, 0.6) is 11.5 Å². The number of hydrogen-bond acceptors (Lipinski definition) is 5.